The van der Waals surface area contributed by atoms with Crippen LogP contribution in [0.1, 0.15) is 44.9 Å². The fourth-order valence-corrected chi connectivity index (χ4v) is 3.67. The van der Waals surface area contributed by atoms with E-state index in [9.17, 15) is 4.79 Å². The van der Waals surface area contributed by atoms with Crippen molar-refractivity contribution in [1.82, 2.24) is 0 Å². The van der Waals surface area contributed by atoms with E-state index in [-0.39, 0.29) is 17.5 Å². The molecule has 2 saturated carbocycles. The topological polar surface area (TPSA) is 26.3 Å². The molecule has 2 heteroatoms. The fourth-order valence-electron chi connectivity index (χ4n) is 3.67. The van der Waals surface area contributed by atoms with Gasteiger partial charge < -0.3 is 4.74 Å². The van der Waals surface area contributed by atoms with Crippen molar-refractivity contribution in [3.63, 3.8) is 0 Å². The van der Waals surface area contributed by atoms with E-state index in [0.717, 1.165) is 19.3 Å². The molecule has 0 amide bonds. The van der Waals surface area contributed by atoms with E-state index < -0.39 is 0 Å². The first-order valence-corrected chi connectivity index (χ1v) is 5.55. The SMILES string of the molecule is O=C1OC2(CCCC2)C2CCCC12. The molecule has 0 aromatic heterocycles. The van der Waals surface area contributed by atoms with Crippen LogP contribution < -0.4 is 0 Å². The average molecular weight is 180 g/mol. The minimum atomic E-state index is 0.0122. The van der Waals surface area contributed by atoms with E-state index >= 15 is 0 Å². The first-order valence-electron chi connectivity index (χ1n) is 5.55. The Morgan fingerprint density at radius 2 is 1.92 bits per heavy atom. The van der Waals surface area contributed by atoms with E-state index in [2.05, 4.69) is 0 Å². The largest absolute Gasteiger partial charge is 0.459 e. The summed E-state index contributed by atoms with van der Waals surface area (Å²) in [7, 11) is 0. The zero-order chi connectivity index (χ0) is 8.89. The minimum absolute atomic E-state index is 0.0122. The number of hydrogen-bond acceptors (Lipinski definition) is 2. The molecule has 0 bridgehead atoms. The van der Waals surface area contributed by atoms with E-state index in [4.69, 9.17) is 4.74 Å². The number of ether oxygens (including phenoxy) is 1. The molecule has 2 atom stereocenters. The number of hydrogen-bond donors (Lipinski definition) is 0. The molecule has 0 radical (unpaired) electrons. The third kappa shape index (κ3) is 0.918. The van der Waals surface area contributed by atoms with E-state index in [1.54, 1.807) is 0 Å². The first kappa shape index (κ1) is 7.84. The van der Waals surface area contributed by atoms with Gasteiger partial charge in [0.05, 0.1) is 5.92 Å². The summed E-state index contributed by atoms with van der Waals surface area (Å²) in [5.74, 6) is 0.977. The Morgan fingerprint density at radius 3 is 2.69 bits per heavy atom. The molecule has 13 heavy (non-hydrogen) atoms. The molecule has 2 nitrogen and oxygen atoms in total. The molecule has 3 rings (SSSR count). The quantitative estimate of drug-likeness (QED) is 0.534. The molecule has 0 aromatic rings. The predicted molar refractivity (Wildman–Crippen MR) is 48.1 cm³/mol. The molecule has 0 aromatic carbocycles. The Balaban J connectivity index is 1.93. The molecule has 3 fully saturated rings. The normalized spacial score (nSPS) is 41.1. The van der Waals surface area contributed by atoms with Crippen molar-refractivity contribution in [2.75, 3.05) is 0 Å². The van der Waals surface area contributed by atoms with E-state index in [0.29, 0.717) is 5.92 Å². The van der Waals surface area contributed by atoms with Crippen LogP contribution in [0.5, 0.6) is 0 Å². The summed E-state index contributed by atoms with van der Waals surface area (Å²) in [6, 6.07) is 0. The summed E-state index contributed by atoms with van der Waals surface area (Å²) in [4.78, 5) is 11.6. The maximum absolute atomic E-state index is 11.6. The van der Waals surface area contributed by atoms with Crippen molar-refractivity contribution in [2.24, 2.45) is 11.8 Å². The fraction of sp³-hybridized carbons (Fsp3) is 0.909. The molecule has 3 aliphatic rings. The minimum Gasteiger partial charge on any atom is -0.459 e. The average Bonchev–Trinajstić information content (AvgIpc) is 2.74. The van der Waals surface area contributed by atoms with Crippen molar-refractivity contribution in [3.8, 4) is 0 Å². The van der Waals surface area contributed by atoms with Crippen LogP contribution in [-0.4, -0.2) is 11.6 Å². The molecular weight excluding hydrogens is 164 g/mol. The van der Waals surface area contributed by atoms with Crippen LogP contribution in [0.25, 0.3) is 0 Å². The maximum Gasteiger partial charge on any atom is 0.309 e. The second kappa shape index (κ2) is 2.49. The summed E-state index contributed by atoms with van der Waals surface area (Å²) < 4.78 is 5.64. The molecule has 2 aliphatic carbocycles. The van der Waals surface area contributed by atoms with Gasteiger partial charge in [-0.1, -0.05) is 6.42 Å². The number of rotatable bonds is 0. The van der Waals surface area contributed by atoms with Gasteiger partial charge in [-0.2, -0.15) is 0 Å². The molecule has 2 unspecified atom stereocenters. The lowest BCUT2D eigenvalue weighted by atomic mass is 9.82. The summed E-state index contributed by atoms with van der Waals surface area (Å²) in [6.45, 7) is 0. The van der Waals surface area contributed by atoms with Gasteiger partial charge in [0.25, 0.3) is 0 Å². The summed E-state index contributed by atoms with van der Waals surface area (Å²) in [5, 5.41) is 0. The highest BCUT2D eigenvalue weighted by atomic mass is 16.6. The van der Waals surface area contributed by atoms with Crippen LogP contribution in [0.2, 0.25) is 0 Å². The van der Waals surface area contributed by atoms with Crippen LogP contribution in [-0.2, 0) is 9.53 Å². The zero-order valence-corrected chi connectivity index (χ0v) is 7.92. The lowest BCUT2D eigenvalue weighted by molar-refractivity contribution is -0.151. The highest BCUT2D eigenvalue weighted by Crippen LogP contribution is 2.54. The van der Waals surface area contributed by atoms with Gasteiger partial charge in [-0.25, -0.2) is 0 Å². The maximum atomic E-state index is 11.6. The van der Waals surface area contributed by atoms with Crippen molar-refractivity contribution < 1.29 is 9.53 Å². The lowest BCUT2D eigenvalue weighted by Crippen LogP contribution is -2.31. The monoisotopic (exact) mass is 180 g/mol. The Labute approximate surface area is 78.6 Å². The van der Waals surface area contributed by atoms with Gasteiger partial charge in [-0.15, -0.1) is 0 Å². The highest BCUT2D eigenvalue weighted by Gasteiger charge is 2.57. The number of esters is 1. The van der Waals surface area contributed by atoms with Gasteiger partial charge >= 0.3 is 5.97 Å². The second-order valence-electron chi connectivity index (χ2n) is 4.84. The molecule has 1 saturated heterocycles. The van der Waals surface area contributed by atoms with Crippen LogP contribution in [0.4, 0.5) is 0 Å². The smallest absolute Gasteiger partial charge is 0.309 e. The van der Waals surface area contributed by atoms with Crippen molar-refractivity contribution >= 4 is 5.97 Å². The third-order valence-electron chi connectivity index (χ3n) is 4.25. The number of carbonyl (C=O) groups is 1. The van der Waals surface area contributed by atoms with Gasteiger partial charge in [0.15, 0.2) is 0 Å². The molecular formula is C11H16O2. The van der Waals surface area contributed by atoms with E-state index in [1.807, 2.05) is 0 Å². The Hall–Kier alpha value is -0.530. The predicted octanol–water partition coefficient (Wildman–Crippen LogP) is 2.27. The van der Waals surface area contributed by atoms with Crippen molar-refractivity contribution in [2.45, 2.75) is 50.5 Å². The molecule has 1 aliphatic heterocycles. The number of fused-ring (bicyclic) bond motifs is 2. The van der Waals surface area contributed by atoms with Gasteiger partial charge in [0.1, 0.15) is 5.60 Å². The van der Waals surface area contributed by atoms with Crippen LogP contribution in [0.15, 0.2) is 0 Å². The van der Waals surface area contributed by atoms with Gasteiger partial charge in [-0.05, 0) is 38.5 Å². The van der Waals surface area contributed by atoms with Crippen LogP contribution in [0, 0.1) is 11.8 Å². The highest BCUT2D eigenvalue weighted by molar-refractivity contribution is 5.76. The molecule has 1 spiro atoms. The first-order chi connectivity index (χ1) is 6.32. The molecule has 72 valence electrons. The summed E-state index contributed by atoms with van der Waals surface area (Å²) >= 11 is 0. The van der Waals surface area contributed by atoms with Crippen molar-refractivity contribution in [1.29, 1.82) is 0 Å². The van der Waals surface area contributed by atoms with Crippen LogP contribution in [0.3, 0.4) is 0 Å². The number of carbonyl (C=O) groups excluding carboxylic acids is 1. The lowest BCUT2D eigenvalue weighted by Gasteiger charge is -2.27. The second-order valence-corrected chi connectivity index (χ2v) is 4.84. The Morgan fingerprint density at radius 1 is 1.15 bits per heavy atom. The molecule has 1 heterocycles. The van der Waals surface area contributed by atoms with Crippen LogP contribution >= 0.6 is 0 Å². The zero-order valence-electron chi connectivity index (χ0n) is 7.92. The van der Waals surface area contributed by atoms with Gasteiger partial charge in [0.2, 0.25) is 0 Å². The summed E-state index contributed by atoms with van der Waals surface area (Å²) in [6.07, 6.45) is 8.36. The summed E-state index contributed by atoms with van der Waals surface area (Å²) in [5.41, 5.74) is 0.0122. The van der Waals surface area contributed by atoms with E-state index in [1.165, 1.54) is 25.7 Å². The Bertz CT molecular complexity index is 240. The van der Waals surface area contributed by atoms with Crippen molar-refractivity contribution in [3.05, 3.63) is 0 Å². The molecule has 0 N–H and O–H groups in total. The van der Waals surface area contributed by atoms with Gasteiger partial charge in [0, 0.05) is 5.92 Å². The Kier molecular flexibility index (Phi) is 1.50. The standard InChI is InChI=1S/C11H16O2/c12-10-8-4-3-5-9(8)11(13-10)6-1-2-7-11/h8-9H,1-7H2. The van der Waals surface area contributed by atoms with Gasteiger partial charge in [-0.3, -0.25) is 4.79 Å². The third-order valence-corrected chi connectivity index (χ3v) is 4.25.